The Balaban J connectivity index is 1.80. The maximum atomic E-state index is 13.2. The van der Waals surface area contributed by atoms with E-state index in [0.717, 1.165) is 35.9 Å². The number of aromatic nitrogens is 4. The Labute approximate surface area is 167 Å². The van der Waals surface area contributed by atoms with Gasteiger partial charge in [-0.1, -0.05) is 18.9 Å². The normalized spacial score (nSPS) is 15.4. The molecule has 4 rings (SSSR count). The molecule has 3 aromatic heterocycles. The molecule has 1 aliphatic carbocycles. The van der Waals surface area contributed by atoms with Crippen LogP contribution in [0.5, 0.6) is 0 Å². The molecule has 8 heteroatoms. The van der Waals surface area contributed by atoms with Crippen LogP contribution in [-0.4, -0.2) is 31.5 Å². The van der Waals surface area contributed by atoms with Gasteiger partial charge in [0.1, 0.15) is 17.8 Å². The summed E-state index contributed by atoms with van der Waals surface area (Å²) in [6.45, 7) is 5.92. The van der Waals surface area contributed by atoms with Crippen molar-refractivity contribution in [3.05, 3.63) is 34.1 Å². The van der Waals surface area contributed by atoms with Gasteiger partial charge in [0, 0.05) is 6.04 Å². The lowest BCUT2D eigenvalue weighted by Gasteiger charge is -2.20. The minimum absolute atomic E-state index is 0.0844. The maximum absolute atomic E-state index is 13.2. The molecule has 7 nitrogen and oxygen atoms in total. The van der Waals surface area contributed by atoms with E-state index in [0.29, 0.717) is 11.2 Å². The van der Waals surface area contributed by atoms with Gasteiger partial charge in [0.15, 0.2) is 0 Å². The first-order valence-corrected chi connectivity index (χ1v) is 10.5. The quantitative estimate of drug-likeness (QED) is 0.731. The van der Waals surface area contributed by atoms with E-state index in [-0.39, 0.29) is 29.6 Å². The number of rotatable bonds is 4. The fourth-order valence-electron chi connectivity index (χ4n) is 3.76. The van der Waals surface area contributed by atoms with Crippen LogP contribution in [0, 0.1) is 0 Å². The van der Waals surface area contributed by atoms with Crippen molar-refractivity contribution in [1.29, 1.82) is 0 Å². The Morgan fingerprint density at radius 2 is 2.07 bits per heavy atom. The van der Waals surface area contributed by atoms with Gasteiger partial charge in [-0.3, -0.25) is 14.3 Å². The molecule has 1 fully saturated rings. The zero-order valence-electron chi connectivity index (χ0n) is 16.4. The van der Waals surface area contributed by atoms with Crippen LogP contribution >= 0.6 is 11.3 Å². The third kappa shape index (κ3) is 3.48. The molecule has 0 saturated heterocycles. The number of carbonyl (C=O) groups excluding carboxylic acids is 1. The molecule has 0 aliphatic heterocycles. The van der Waals surface area contributed by atoms with Crippen LogP contribution in [0.15, 0.2) is 28.5 Å². The summed E-state index contributed by atoms with van der Waals surface area (Å²) in [5.74, 6) is -0.167. The van der Waals surface area contributed by atoms with Crippen molar-refractivity contribution in [3.63, 3.8) is 0 Å². The van der Waals surface area contributed by atoms with Gasteiger partial charge in [-0.15, -0.1) is 11.3 Å². The second-order valence-corrected chi connectivity index (χ2v) is 9.27. The first kappa shape index (κ1) is 18.9. The summed E-state index contributed by atoms with van der Waals surface area (Å²) in [5.41, 5.74) is 0.525. The van der Waals surface area contributed by atoms with E-state index in [1.165, 1.54) is 4.68 Å². The number of fused-ring (bicyclic) bond motifs is 1. The van der Waals surface area contributed by atoms with Gasteiger partial charge < -0.3 is 5.32 Å². The molecule has 28 heavy (non-hydrogen) atoms. The number of nitrogens with one attached hydrogen (secondary N) is 1. The summed E-state index contributed by atoms with van der Waals surface area (Å²) in [6.07, 6.45) is 5.99. The van der Waals surface area contributed by atoms with Gasteiger partial charge >= 0.3 is 0 Å². The molecule has 3 aromatic rings. The predicted octanol–water partition coefficient (Wildman–Crippen LogP) is 3.14. The average molecular weight is 400 g/mol. The third-order valence-corrected chi connectivity index (χ3v) is 5.96. The average Bonchev–Trinajstić information content (AvgIpc) is 3.37. The molecule has 1 saturated carbocycles. The van der Waals surface area contributed by atoms with Gasteiger partial charge in [0.25, 0.3) is 5.56 Å². The number of amides is 1. The lowest BCUT2D eigenvalue weighted by atomic mass is 10.1. The van der Waals surface area contributed by atoms with Crippen molar-refractivity contribution < 1.29 is 4.79 Å². The Morgan fingerprint density at radius 1 is 1.32 bits per heavy atom. The highest BCUT2D eigenvalue weighted by Crippen LogP contribution is 2.30. The fraction of sp³-hybridized carbons (Fsp3) is 0.500. The minimum Gasteiger partial charge on any atom is -0.352 e. The summed E-state index contributed by atoms with van der Waals surface area (Å²) >= 11 is 1.55. The zero-order valence-corrected chi connectivity index (χ0v) is 17.3. The summed E-state index contributed by atoms with van der Waals surface area (Å²) in [6, 6.07) is 4.13. The van der Waals surface area contributed by atoms with Crippen molar-refractivity contribution in [3.8, 4) is 10.6 Å². The fourth-order valence-corrected chi connectivity index (χ4v) is 4.48. The van der Waals surface area contributed by atoms with E-state index >= 15 is 0 Å². The van der Waals surface area contributed by atoms with Gasteiger partial charge in [0.05, 0.1) is 22.0 Å². The number of hydrogen-bond acceptors (Lipinski definition) is 5. The van der Waals surface area contributed by atoms with Crippen LogP contribution in [0.2, 0.25) is 0 Å². The molecular formula is C20H25N5O2S. The van der Waals surface area contributed by atoms with E-state index in [2.05, 4.69) is 15.5 Å². The standard InChI is InChI=1S/C20H25N5O2S/c1-20(2,3)25-18-14(11-21-25)17(15-9-6-10-28-15)23-24(19(18)27)12-16(26)22-13-7-4-5-8-13/h6,9-11,13H,4-5,7-8,12H2,1-3H3,(H,22,26). The van der Waals surface area contributed by atoms with Crippen molar-refractivity contribution >= 4 is 28.1 Å². The number of hydrogen-bond donors (Lipinski definition) is 1. The molecule has 1 N–H and O–H groups in total. The first-order valence-electron chi connectivity index (χ1n) is 9.67. The van der Waals surface area contributed by atoms with Crippen LogP contribution in [-0.2, 0) is 16.9 Å². The lowest BCUT2D eigenvalue weighted by Crippen LogP contribution is -2.39. The lowest BCUT2D eigenvalue weighted by molar-refractivity contribution is -0.122. The summed E-state index contributed by atoms with van der Waals surface area (Å²) in [7, 11) is 0. The van der Waals surface area contributed by atoms with Crippen LogP contribution < -0.4 is 10.9 Å². The molecule has 0 radical (unpaired) electrons. The summed E-state index contributed by atoms with van der Waals surface area (Å²) < 4.78 is 3.01. The minimum atomic E-state index is -0.362. The summed E-state index contributed by atoms with van der Waals surface area (Å²) in [5, 5.41) is 14.7. The topological polar surface area (TPSA) is 81.8 Å². The molecule has 0 bridgehead atoms. The highest BCUT2D eigenvalue weighted by molar-refractivity contribution is 7.13. The maximum Gasteiger partial charge on any atom is 0.293 e. The van der Waals surface area contributed by atoms with Crippen molar-refractivity contribution in [2.45, 2.75) is 64.6 Å². The van der Waals surface area contributed by atoms with Gasteiger partial charge in [0.2, 0.25) is 5.91 Å². The Bertz CT molecular complexity index is 1050. The summed E-state index contributed by atoms with van der Waals surface area (Å²) in [4.78, 5) is 26.7. The molecule has 0 spiro atoms. The molecule has 148 valence electrons. The highest BCUT2D eigenvalue weighted by atomic mass is 32.1. The molecule has 3 heterocycles. The Kier molecular flexibility index (Phi) is 4.82. The zero-order chi connectivity index (χ0) is 19.9. The monoisotopic (exact) mass is 399 g/mol. The SMILES string of the molecule is CC(C)(C)n1ncc2c(-c3cccs3)nn(CC(=O)NC3CCCC3)c(=O)c21. The predicted molar refractivity (Wildman–Crippen MR) is 110 cm³/mol. The largest absolute Gasteiger partial charge is 0.352 e. The van der Waals surface area contributed by atoms with Crippen molar-refractivity contribution in [1.82, 2.24) is 24.9 Å². The Morgan fingerprint density at radius 3 is 2.71 bits per heavy atom. The van der Waals surface area contributed by atoms with Gasteiger partial charge in [-0.2, -0.15) is 10.2 Å². The van der Waals surface area contributed by atoms with E-state index in [9.17, 15) is 9.59 Å². The van der Waals surface area contributed by atoms with Crippen LogP contribution in [0.25, 0.3) is 21.5 Å². The number of thiophene rings is 1. The third-order valence-electron chi connectivity index (χ3n) is 5.09. The molecular weight excluding hydrogens is 374 g/mol. The second kappa shape index (κ2) is 7.16. The molecule has 1 aliphatic rings. The van der Waals surface area contributed by atoms with Crippen LogP contribution in [0.3, 0.4) is 0 Å². The first-order chi connectivity index (χ1) is 13.3. The smallest absolute Gasteiger partial charge is 0.293 e. The van der Waals surface area contributed by atoms with Crippen LogP contribution in [0.4, 0.5) is 0 Å². The molecule has 0 aromatic carbocycles. The van der Waals surface area contributed by atoms with E-state index in [1.807, 2.05) is 38.3 Å². The molecule has 1 amide bonds. The van der Waals surface area contributed by atoms with E-state index in [1.54, 1.807) is 22.2 Å². The van der Waals surface area contributed by atoms with Crippen molar-refractivity contribution in [2.24, 2.45) is 0 Å². The van der Waals surface area contributed by atoms with E-state index < -0.39 is 0 Å². The van der Waals surface area contributed by atoms with Crippen molar-refractivity contribution in [2.75, 3.05) is 0 Å². The van der Waals surface area contributed by atoms with Crippen LogP contribution in [0.1, 0.15) is 46.5 Å². The van der Waals surface area contributed by atoms with E-state index in [4.69, 9.17) is 0 Å². The number of carbonyl (C=O) groups is 1. The van der Waals surface area contributed by atoms with Gasteiger partial charge in [-0.05, 0) is 45.1 Å². The van der Waals surface area contributed by atoms with Gasteiger partial charge in [-0.25, -0.2) is 4.68 Å². The molecule has 0 atom stereocenters. The number of nitrogens with zero attached hydrogens (tertiary/aromatic N) is 4. The second-order valence-electron chi connectivity index (χ2n) is 8.33. The highest BCUT2D eigenvalue weighted by Gasteiger charge is 2.25. The Hall–Kier alpha value is -2.48. The molecule has 0 unspecified atom stereocenters.